The van der Waals surface area contributed by atoms with Crippen LogP contribution in [0.25, 0.3) is 0 Å². The minimum absolute atomic E-state index is 0.212. The van der Waals surface area contributed by atoms with Crippen LogP contribution in [-0.2, 0) is 0 Å². The second kappa shape index (κ2) is 8.14. The minimum Gasteiger partial charge on any atom is -0.378 e. The summed E-state index contributed by atoms with van der Waals surface area (Å²) in [6, 6.07) is 17.7. The Morgan fingerprint density at radius 2 is 1.37 bits per heavy atom. The summed E-state index contributed by atoms with van der Waals surface area (Å²) in [5, 5.41) is 5.67. The largest absolute Gasteiger partial charge is 0.378 e. The molecule has 2 aromatic carbocycles. The quantitative estimate of drug-likeness (QED) is 0.728. The molecule has 6 heteroatoms. The van der Waals surface area contributed by atoms with Gasteiger partial charge >= 0.3 is 0 Å². The molecule has 1 heterocycles. The summed E-state index contributed by atoms with van der Waals surface area (Å²) in [5.74, 6) is -0.448. The Balaban J connectivity index is 1.71. The summed E-state index contributed by atoms with van der Waals surface area (Å²) < 4.78 is 0. The van der Waals surface area contributed by atoms with Gasteiger partial charge in [0.25, 0.3) is 11.8 Å². The predicted octanol–water partition coefficient (Wildman–Crippen LogP) is 3.65. The van der Waals surface area contributed by atoms with E-state index in [9.17, 15) is 9.59 Å². The van der Waals surface area contributed by atoms with Crippen LogP contribution in [0.3, 0.4) is 0 Å². The van der Waals surface area contributed by atoms with Crippen molar-refractivity contribution >= 4 is 28.9 Å². The monoisotopic (exact) mass is 360 g/mol. The molecule has 0 fully saturated rings. The number of rotatable bonds is 5. The SMILES string of the molecule is CN(C)c1cccc(C(=O)Nc2cccc(NC(=O)c3ccncc3)c2)c1. The van der Waals surface area contributed by atoms with E-state index in [2.05, 4.69) is 15.6 Å². The molecule has 0 bridgehead atoms. The highest BCUT2D eigenvalue weighted by Gasteiger charge is 2.09. The first-order chi connectivity index (χ1) is 13.0. The number of hydrogen-bond acceptors (Lipinski definition) is 4. The third kappa shape index (κ3) is 4.70. The highest BCUT2D eigenvalue weighted by Crippen LogP contribution is 2.18. The highest BCUT2D eigenvalue weighted by molar-refractivity contribution is 6.06. The predicted molar refractivity (Wildman–Crippen MR) is 107 cm³/mol. The Kier molecular flexibility index (Phi) is 5.47. The molecule has 27 heavy (non-hydrogen) atoms. The van der Waals surface area contributed by atoms with Gasteiger partial charge in [-0.25, -0.2) is 0 Å². The van der Waals surface area contributed by atoms with Gasteiger partial charge in [-0.1, -0.05) is 12.1 Å². The van der Waals surface area contributed by atoms with Crippen molar-refractivity contribution in [3.63, 3.8) is 0 Å². The molecule has 0 aliphatic rings. The highest BCUT2D eigenvalue weighted by atomic mass is 16.2. The lowest BCUT2D eigenvalue weighted by molar-refractivity contribution is 0.101. The van der Waals surface area contributed by atoms with Crippen molar-refractivity contribution < 1.29 is 9.59 Å². The molecule has 2 amide bonds. The molecule has 136 valence electrons. The van der Waals surface area contributed by atoms with E-state index in [0.29, 0.717) is 22.5 Å². The molecule has 0 saturated carbocycles. The summed E-state index contributed by atoms with van der Waals surface area (Å²) in [4.78, 5) is 30.6. The number of anilines is 3. The lowest BCUT2D eigenvalue weighted by Crippen LogP contribution is -2.15. The average Bonchev–Trinajstić information content (AvgIpc) is 2.69. The number of aromatic nitrogens is 1. The minimum atomic E-state index is -0.237. The fourth-order valence-corrected chi connectivity index (χ4v) is 2.51. The van der Waals surface area contributed by atoms with Gasteiger partial charge in [0.2, 0.25) is 0 Å². The number of nitrogens with one attached hydrogen (secondary N) is 2. The molecule has 0 unspecified atom stereocenters. The molecule has 6 nitrogen and oxygen atoms in total. The van der Waals surface area contributed by atoms with Crippen LogP contribution < -0.4 is 15.5 Å². The third-order valence-electron chi connectivity index (χ3n) is 3.95. The van der Waals surface area contributed by atoms with Crippen LogP contribution in [0.5, 0.6) is 0 Å². The zero-order chi connectivity index (χ0) is 19.2. The summed E-state index contributed by atoms with van der Waals surface area (Å²) >= 11 is 0. The van der Waals surface area contributed by atoms with Gasteiger partial charge in [0.1, 0.15) is 0 Å². The van der Waals surface area contributed by atoms with Gasteiger partial charge in [-0.15, -0.1) is 0 Å². The smallest absolute Gasteiger partial charge is 0.255 e. The fraction of sp³-hybridized carbons (Fsp3) is 0.0952. The van der Waals surface area contributed by atoms with Crippen LogP contribution in [-0.4, -0.2) is 30.9 Å². The molecule has 3 rings (SSSR count). The van der Waals surface area contributed by atoms with Crippen LogP contribution in [0.1, 0.15) is 20.7 Å². The van der Waals surface area contributed by atoms with E-state index < -0.39 is 0 Å². The van der Waals surface area contributed by atoms with E-state index in [4.69, 9.17) is 0 Å². The number of carbonyl (C=O) groups is 2. The van der Waals surface area contributed by atoms with E-state index in [1.807, 2.05) is 37.2 Å². The van der Waals surface area contributed by atoms with Gasteiger partial charge in [0.05, 0.1) is 0 Å². The van der Waals surface area contributed by atoms with E-state index in [0.717, 1.165) is 5.69 Å². The second-order valence-corrected chi connectivity index (χ2v) is 6.17. The number of pyridine rings is 1. The van der Waals surface area contributed by atoms with Gasteiger partial charge in [-0.05, 0) is 48.5 Å². The van der Waals surface area contributed by atoms with Crippen LogP contribution in [0.2, 0.25) is 0 Å². The molecule has 0 atom stereocenters. The normalized spacial score (nSPS) is 10.1. The van der Waals surface area contributed by atoms with Gasteiger partial charge < -0.3 is 15.5 Å². The maximum absolute atomic E-state index is 12.5. The Hall–Kier alpha value is -3.67. The first-order valence-corrected chi connectivity index (χ1v) is 8.43. The number of benzene rings is 2. The maximum atomic E-state index is 12.5. The van der Waals surface area contributed by atoms with Crippen LogP contribution in [0.4, 0.5) is 17.1 Å². The van der Waals surface area contributed by atoms with Gasteiger partial charge in [0, 0.05) is 54.7 Å². The van der Waals surface area contributed by atoms with Crippen molar-refractivity contribution in [2.24, 2.45) is 0 Å². The maximum Gasteiger partial charge on any atom is 0.255 e. The molecule has 0 aliphatic carbocycles. The number of amides is 2. The van der Waals surface area contributed by atoms with E-state index in [1.165, 1.54) is 0 Å². The van der Waals surface area contributed by atoms with Crippen molar-refractivity contribution in [3.05, 3.63) is 84.2 Å². The Morgan fingerprint density at radius 1 is 0.778 bits per heavy atom. The van der Waals surface area contributed by atoms with E-state index in [1.54, 1.807) is 54.9 Å². The van der Waals surface area contributed by atoms with Gasteiger partial charge in [-0.3, -0.25) is 14.6 Å². The average molecular weight is 360 g/mol. The van der Waals surface area contributed by atoms with Gasteiger partial charge in [-0.2, -0.15) is 0 Å². The van der Waals surface area contributed by atoms with Crippen LogP contribution in [0.15, 0.2) is 73.1 Å². The standard InChI is InChI=1S/C21H20N4O2/c1-25(2)19-8-3-5-16(13-19)21(27)24-18-7-4-6-17(14-18)23-20(26)15-9-11-22-12-10-15/h3-14H,1-2H3,(H,23,26)(H,24,27). The van der Waals surface area contributed by atoms with Crippen LogP contribution in [0, 0.1) is 0 Å². The Bertz CT molecular complexity index is 955. The second-order valence-electron chi connectivity index (χ2n) is 6.17. The van der Waals surface area contributed by atoms with E-state index in [-0.39, 0.29) is 11.8 Å². The number of carbonyl (C=O) groups excluding carboxylic acids is 2. The first kappa shape index (κ1) is 18.1. The van der Waals surface area contributed by atoms with E-state index >= 15 is 0 Å². The summed E-state index contributed by atoms with van der Waals surface area (Å²) in [7, 11) is 3.85. The fourth-order valence-electron chi connectivity index (χ4n) is 2.51. The number of hydrogen-bond donors (Lipinski definition) is 2. The molecular formula is C21H20N4O2. The zero-order valence-electron chi connectivity index (χ0n) is 15.1. The molecule has 0 saturated heterocycles. The Labute approximate surface area is 157 Å². The first-order valence-electron chi connectivity index (χ1n) is 8.43. The van der Waals surface area contributed by atoms with Crippen molar-refractivity contribution in [3.8, 4) is 0 Å². The van der Waals surface area contributed by atoms with Crippen molar-refractivity contribution in [2.45, 2.75) is 0 Å². The molecule has 2 N–H and O–H groups in total. The van der Waals surface area contributed by atoms with Gasteiger partial charge in [0.15, 0.2) is 0 Å². The van der Waals surface area contributed by atoms with Crippen molar-refractivity contribution in [2.75, 3.05) is 29.6 Å². The lowest BCUT2D eigenvalue weighted by atomic mass is 10.1. The molecule has 0 aliphatic heterocycles. The topological polar surface area (TPSA) is 74.3 Å². The van der Waals surface area contributed by atoms with Crippen molar-refractivity contribution in [1.82, 2.24) is 4.98 Å². The summed E-state index contributed by atoms with van der Waals surface area (Å²) in [6.07, 6.45) is 3.13. The summed E-state index contributed by atoms with van der Waals surface area (Å²) in [5.41, 5.74) is 3.22. The number of nitrogens with zero attached hydrogens (tertiary/aromatic N) is 2. The van der Waals surface area contributed by atoms with Crippen LogP contribution >= 0.6 is 0 Å². The third-order valence-corrected chi connectivity index (χ3v) is 3.95. The summed E-state index contributed by atoms with van der Waals surface area (Å²) in [6.45, 7) is 0. The molecular weight excluding hydrogens is 340 g/mol. The zero-order valence-corrected chi connectivity index (χ0v) is 15.1. The molecule has 3 aromatic rings. The molecule has 0 radical (unpaired) electrons. The Morgan fingerprint density at radius 3 is 2.00 bits per heavy atom. The molecule has 1 aromatic heterocycles. The molecule has 0 spiro atoms. The van der Waals surface area contributed by atoms with Crippen molar-refractivity contribution in [1.29, 1.82) is 0 Å². The lowest BCUT2D eigenvalue weighted by Gasteiger charge is -2.14.